The zero-order valence-corrected chi connectivity index (χ0v) is 23.3. The zero-order valence-electron chi connectivity index (χ0n) is 23.3. The van der Waals surface area contributed by atoms with Gasteiger partial charge < -0.3 is 14.5 Å². The van der Waals surface area contributed by atoms with Crippen LogP contribution in [-0.4, -0.2) is 43.4 Å². The third kappa shape index (κ3) is 5.09. The molecule has 0 spiro atoms. The van der Waals surface area contributed by atoms with Crippen LogP contribution in [0.3, 0.4) is 0 Å². The fraction of sp³-hybridized carbons (Fsp3) is 0.200. The number of fused-ring (bicyclic) bond motifs is 2. The van der Waals surface area contributed by atoms with Crippen LogP contribution in [0.5, 0.6) is 0 Å². The molecular weight excluding hydrogens is 522 g/mol. The van der Waals surface area contributed by atoms with E-state index in [9.17, 15) is 9.59 Å². The topological polar surface area (TPSA) is 83.9 Å². The predicted molar refractivity (Wildman–Crippen MR) is 166 cm³/mol. The molecule has 0 bridgehead atoms. The number of hydrogen-bond donors (Lipinski definition) is 1. The molecule has 2 aromatic heterocycles. The van der Waals surface area contributed by atoms with Crippen molar-refractivity contribution < 1.29 is 4.79 Å². The van der Waals surface area contributed by atoms with Gasteiger partial charge in [0, 0.05) is 38.0 Å². The van der Waals surface area contributed by atoms with Crippen molar-refractivity contribution in [1.82, 2.24) is 24.4 Å². The van der Waals surface area contributed by atoms with E-state index >= 15 is 0 Å². The number of hydrogen-bond acceptors (Lipinski definition) is 4. The number of aromatic amines is 1. The second-order valence-electron chi connectivity index (χ2n) is 10.9. The molecule has 1 saturated heterocycles. The Kier molecular flexibility index (Phi) is 6.84. The first kappa shape index (κ1) is 25.9. The van der Waals surface area contributed by atoms with Crippen molar-refractivity contribution in [3.05, 3.63) is 119 Å². The molecule has 7 nitrogen and oxygen atoms in total. The fourth-order valence-electron chi connectivity index (χ4n) is 5.90. The van der Waals surface area contributed by atoms with Crippen molar-refractivity contribution in [2.45, 2.75) is 32.2 Å². The van der Waals surface area contributed by atoms with Crippen LogP contribution in [0.15, 0.2) is 102 Å². The molecule has 208 valence electrons. The molecule has 0 unspecified atom stereocenters. The smallest absolute Gasteiger partial charge is 0.270 e. The van der Waals surface area contributed by atoms with Gasteiger partial charge >= 0.3 is 0 Å². The highest BCUT2D eigenvalue weighted by Gasteiger charge is 2.20. The van der Waals surface area contributed by atoms with E-state index in [0.717, 1.165) is 65.0 Å². The largest absolute Gasteiger partial charge is 0.343 e. The Balaban J connectivity index is 1.29. The standard InChI is InChI=1S/C35H31N5O2/c41-33-13-7-18-39(33)19-8-20-40-32-23-29-28(38-35(42)31(36-29)21-24-9-3-1-4-10-24)22-30(32)37-34(40)27-16-14-26(15-17-27)25-11-5-2-6-12-25/h1-6,9-12,14-17,22-23H,7-8,13,18-21H2,(H,38,42). The number of amides is 1. The third-order valence-electron chi connectivity index (χ3n) is 8.08. The van der Waals surface area contributed by atoms with Gasteiger partial charge in [-0.15, -0.1) is 0 Å². The molecule has 1 N–H and O–H groups in total. The van der Waals surface area contributed by atoms with E-state index in [1.807, 2.05) is 65.6 Å². The molecule has 0 aliphatic carbocycles. The second-order valence-corrected chi connectivity index (χ2v) is 10.9. The summed E-state index contributed by atoms with van der Waals surface area (Å²) < 4.78 is 2.23. The van der Waals surface area contributed by atoms with Gasteiger partial charge in [0.05, 0.1) is 22.1 Å². The molecular formula is C35H31N5O2. The van der Waals surface area contributed by atoms with E-state index in [0.29, 0.717) is 30.6 Å². The molecule has 4 aromatic carbocycles. The number of benzene rings is 4. The highest BCUT2D eigenvalue weighted by Crippen LogP contribution is 2.30. The number of nitrogens with zero attached hydrogens (tertiary/aromatic N) is 4. The lowest BCUT2D eigenvalue weighted by Crippen LogP contribution is -2.26. The average molecular weight is 554 g/mol. The summed E-state index contributed by atoms with van der Waals surface area (Å²) >= 11 is 0. The Morgan fingerprint density at radius 1 is 0.738 bits per heavy atom. The number of aryl methyl sites for hydroxylation is 1. The quantitative estimate of drug-likeness (QED) is 0.243. The van der Waals surface area contributed by atoms with Gasteiger partial charge in [0.1, 0.15) is 11.5 Å². The van der Waals surface area contributed by atoms with Gasteiger partial charge in [-0.1, -0.05) is 84.9 Å². The maximum atomic E-state index is 12.9. The van der Waals surface area contributed by atoms with Crippen LogP contribution in [0.4, 0.5) is 0 Å². The van der Waals surface area contributed by atoms with Crippen molar-refractivity contribution in [2.24, 2.45) is 0 Å². The number of aromatic nitrogens is 4. The van der Waals surface area contributed by atoms with Gasteiger partial charge in [-0.3, -0.25) is 9.59 Å². The number of carbonyl (C=O) groups excluding carboxylic acids is 1. The highest BCUT2D eigenvalue weighted by molar-refractivity contribution is 5.93. The first-order valence-corrected chi connectivity index (χ1v) is 14.5. The maximum Gasteiger partial charge on any atom is 0.270 e. The summed E-state index contributed by atoms with van der Waals surface area (Å²) in [6.07, 6.45) is 2.87. The summed E-state index contributed by atoms with van der Waals surface area (Å²) in [6, 6.07) is 32.7. The van der Waals surface area contributed by atoms with Crippen LogP contribution < -0.4 is 5.56 Å². The molecule has 0 saturated carbocycles. The van der Waals surface area contributed by atoms with Crippen molar-refractivity contribution in [1.29, 1.82) is 0 Å². The summed E-state index contributed by atoms with van der Waals surface area (Å²) in [7, 11) is 0. The lowest BCUT2D eigenvalue weighted by Gasteiger charge is -2.16. The Morgan fingerprint density at radius 2 is 1.45 bits per heavy atom. The molecule has 1 aliphatic rings. The Hall–Kier alpha value is -5.04. The SMILES string of the molecule is O=C1CCCN1CCCn1c(-c2ccc(-c3ccccc3)cc2)nc2cc3[nH]c(=O)c(Cc4ccccc4)nc3cc21. The molecule has 1 fully saturated rings. The second kappa shape index (κ2) is 11.1. The van der Waals surface area contributed by atoms with E-state index in [1.54, 1.807) is 0 Å². The molecule has 3 heterocycles. The van der Waals surface area contributed by atoms with Crippen molar-refractivity contribution in [2.75, 3.05) is 13.1 Å². The molecule has 1 amide bonds. The predicted octanol–water partition coefficient (Wildman–Crippen LogP) is 6.21. The zero-order chi connectivity index (χ0) is 28.5. The summed E-state index contributed by atoms with van der Waals surface area (Å²) in [5, 5.41) is 0. The van der Waals surface area contributed by atoms with Crippen LogP contribution in [0.25, 0.3) is 44.6 Å². The van der Waals surface area contributed by atoms with E-state index in [2.05, 4.69) is 45.9 Å². The minimum Gasteiger partial charge on any atom is -0.343 e. The highest BCUT2D eigenvalue weighted by atomic mass is 16.2. The van der Waals surface area contributed by atoms with Crippen molar-refractivity contribution in [3.63, 3.8) is 0 Å². The first-order valence-electron chi connectivity index (χ1n) is 14.5. The number of rotatable bonds is 8. The van der Waals surface area contributed by atoms with E-state index < -0.39 is 0 Å². The molecule has 42 heavy (non-hydrogen) atoms. The molecule has 0 radical (unpaired) electrons. The van der Waals surface area contributed by atoms with Gasteiger partial charge in [-0.25, -0.2) is 9.97 Å². The number of imidazole rings is 1. The normalized spacial score (nSPS) is 13.4. The van der Waals surface area contributed by atoms with E-state index in [-0.39, 0.29) is 11.5 Å². The summed E-state index contributed by atoms with van der Waals surface area (Å²) in [4.78, 5) is 40.0. The van der Waals surface area contributed by atoms with E-state index in [4.69, 9.17) is 9.97 Å². The molecule has 0 atom stereocenters. The lowest BCUT2D eigenvalue weighted by molar-refractivity contribution is -0.127. The lowest BCUT2D eigenvalue weighted by atomic mass is 10.0. The molecule has 7 rings (SSSR count). The minimum atomic E-state index is -0.183. The number of likely N-dealkylation sites (tertiary alicyclic amines) is 1. The van der Waals surface area contributed by atoms with Crippen LogP contribution in [0, 0.1) is 0 Å². The minimum absolute atomic E-state index is 0.183. The van der Waals surface area contributed by atoms with Crippen molar-refractivity contribution >= 4 is 28.0 Å². The first-order chi connectivity index (χ1) is 20.6. The van der Waals surface area contributed by atoms with Crippen LogP contribution in [-0.2, 0) is 17.8 Å². The van der Waals surface area contributed by atoms with E-state index in [1.165, 1.54) is 5.56 Å². The third-order valence-corrected chi connectivity index (χ3v) is 8.08. The Labute approximate surface area is 243 Å². The van der Waals surface area contributed by atoms with Gasteiger partial charge in [-0.05, 0) is 41.7 Å². The number of carbonyl (C=O) groups is 1. The van der Waals surface area contributed by atoms with Crippen LogP contribution in [0.2, 0.25) is 0 Å². The van der Waals surface area contributed by atoms with Crippen LogP contribution in [0.1, 0.15) is 30.5 Å². The number of nitrogens with one attached hydrogen (secondary N) is 1. The summed E-state index contributed by atoms with van der Waals surface area (Å²) in [5.41, 5.74) is 7.83. The van der Waals surface area contributed by atoms with Gasteiger partial charge in [0.2, 0.25) is 5.91 Å². The average Bonchev–Trinajstić information content (AvgIpc) is 3.60. The maximum absolute atomic E-state index is 12.9. The molecule has 6 aromatic rings. The van der Waals surface area contributed by atoms with Gasteiger partial charge in [0.15, 0.2) is 0 Å². The monoisotopic (exact) mass is 553 g/mol. The summed E-state index contributed by atoms with van der Waals surface area (Å²) in [5.74, 6) is 1.10. The fourth-order valence-corrected chi connectivity index (χ4v) is 5.90. The van der Waals surface area contributed by atoms with Crippen molar-refractivity contribution in [3.8, 4) is 22.5 Å². The van der Waals surface area contributed by atoms with Gasteiger partial charge in [-0.2, -0.15) is 0 Å². The molecule has 7 heteroatoms. The van der Waals surface area contributed by atoms with Crippen LogP contribution >= 0.6 is 0 Å². The Morgan fingerprint density at radius 3 is 2.19 bits per heavy atom. The molecule has 1 aliphatic heterocycles. The summed E-state index contributed by atoms with van der Waals surface area (Å²) in [6.45, 7) is 2.27. The van der Waals surface area contributed by atoms with Gasteiger partial charge in [0.25, 0.3) is 5.56 Å². The number of H-pyrrole nitrogens is 1. The Bertz CT molecular complexity index is 1940.